The van der Waals surface area contributed by atoms with Crippen molar-refractivity contribution in [2.24, 2.45) is 0 Å². The van der Waals surface area contributed by atoms with Crippen LogP contribution in [0.25, 0.3) is 5.69 Å². The Morgan fingerprint density at radius 3 is 2.53 bits per heavy atom. The Balaban J connectivity index is 1.29. The minimum Gasteiger partial charge on any atom is -0.486 e. The van der Waals surface area contributed by atoms with E-state index in [-0.39, 0.29) is 18.9 Å². The zero-order valence-electron chi connectivity index (χ0n) is 19.2. The van der Waals surface area contributed by atoms with E-state index in [0.29, 0.717) is 43.4 Å². The second-order valence-electron chi connectivity index (χ2n) is 8.05. The van der Waals surface area contributed by atoms with E-state index in [1.54, 1.807) is 24.4 Å². The van der Waals surface area contributed by atoms with Crippen molar-refractivity contribution in [3.05, 3.63) is 66.2 Å². The van der Waals surface area contributed by atoms with Gasteiger partial charge in [0.15, 0.2) is 11.5 Å². The number of benzene rings is 2. The van der Waals surface area contributed by atoms with Gasteiger partial charge >= 0.3 is 0 Å². The fourth-order valence-electron chi connectivity index (χ4n) is 3.77. The summed E-state index contributed by atoms with van der Waals surface area (Å²) >= 11 is 0. The van der Waals surface area contributed by atoms with Crippen molar-refractivity contribution in [2.75, 3.05) is 30.3 Å². The first-order valence-electron chi connectivity index (χ1n) is 11.0. The van der Waals surface area contributed by atoms with Gasteiger partial charge in [-0.1, -0.05) is 12.1 Å². The molecule has 10 heteroatoms. The van der Waals surface area contributed by atoms with Crippen molar-refractivity contribution >= 4 is 21.6 Å². The Hall–Kier alpha value is -3.53. The van der Waals surface area contributed by atoms with Crippen molar-refractivity contribution in [2.45, 2.75) is 26.3 Å². The number of nitrogens with one attached hydrogen (secondary N) is 1. The molecule has 0 radical (unpaired) electrons. The molecule has 0 spiro atoms. The lowest BCUT2D eigenvalue weighted by Gasteiger charge is -2.25. The highest BCUT2D eigenvalue weighted by Gasteiger charge is 2.21. The Labute approximate surface area is 199 Å². The van der Waals surface area contributed by atoms with Crippen LogP contribution in [0.1, 0.15) is 24.2 Å². The van der Waals surface area contributed by atoms with Gasteiger partial charge in [-0.15, -0.1) is 0 Å². The van der Waals surface area contributed by atoms with Crippen LogP contribution in [0.5, 0.6) is 11.5 Å². The summed E-state index contributed by atoms with van der Waals surface area (Å²) in [4.78, 5) is 16.6. The van der Waals surface area contributed by atoms with Crippen molar-refractivity contribution in [3.63, 3.8) is 0 Å². The van der Waals surface area contributed by atoms with Gasteiger partial charge in [-0.2, -0.15) is 0 Å². The molecule has 2 aromatic carbocycles. The molecule has 0 atom stereocenters. The lowest BCUT2D eigenvalue weighted by molar-refractivity contribution is -0.121. The van der Waals surface area contributed by atoms with Gasteiger partial charge in [-0.3, -0.25) is 9.10 Å². The van der Waals surface area contributed by atoms with Gasteiger partial charge in [0.1, 0.15) is 19.0 Å². The molecular formula is C24H28N4O5S. The smallest absolute Gasteiger partial charge is 0.232 e. The molecule has 4 rings (SSSR count). The number of nitrogens with zero attached hydrogens (tertiary/aromatic N) is 3. The summed E-state index contributed by atoms with van der Waals surface area (Å²) in [5.41, 5.74) is 2.47. The highest BCUT2D eigenvalue weighted by molar-refractivity contribution is 7.92. The summed E-state index contributed by atoms with van der Waals surface area (Å²) in [5.74, 6) is 1.88. The molecule has 0 unspecified atom stereocenters. The van der Waals surface area contributed by atoms with Gasteiger partial charge in [0.05, 0.1) is 11.9 Å². The molecule has 1 amide bonds. The number of sulfonamides is 1. The van der Waals surface area contributed by atoms with Crippen LogP contribution in [-0.2, 0) is 21.4 Å². The van der Waals surface area contributed by atoms with Crippen LogP contribution in [0.2, 0.25) is 0 Å². The molecule has 9 nitrogen and oxygen atoms in total. The summed E-state index contributed by atoms with van der Waals surface area (Å²) < 4.78 is 39.1. The van der Waals surface area contributed by atoms with Crippen molar-refractivity contribution < 1.29 is 22.7 Å². The Morgan fingerprint density at radius 1 is 1.12 bits per heavy atom. The van der Waals surface area contributed by atoms with Gasteiger partial charge in [0, 0.05) is 43.7 Å². The first-order valence-corrected chi connectivity index (χ1v) is 12.9. The summed E-state index contributed by atoms with van der Waals surface area (Å²) in [6.07, 6.45) is 5.40. The average molecular weight is 485 g/mol. The zero-order chi connectivity index (χ0) is 24.1. The van der Waals surface area contributed by atoms with E-state index in [9.17, 15) is 13.2 Å². The maximum atomic E-state index is 12.4. The average Bonchev–Trinajstić information content (AvgIpc) is 3.25. The SMILES string of the molecule is Cc1nccn1-c1ccc(CNC(=O)CCCN(c2ccc3c(c2)OCCO3)S(C)(=O)=O)cc1. The lowest BCUT2D eigenvalue weighted by Crippen LogP contribution is -2.32. The van der Waals surface area contributed by atoms with Gasteiger partial charge in [-0.25, -0.2) is 13.4 Å². The summed E-state index contributed by atoms with van der Waals surface area (Å²) in [5, 5.41) is 2.90. The topological polar surface area (TPSA) is 103 Å². The molecule has 0 aliphatic carbocycles. The second-order valence-corrected chi connectivity index (χ2v) is 9.96. The van der Waals surface area contributed by atoms with Gasteiger partial charge in [-0.05, 0) is 43.2 Å². The Bertz CT molecular complexity index is 1250. The number of hydrogen-bond donors (Lipinski definition) is 1. The number of carbonyl (C=O) groups excluding carboxylic acids is 1. The predicted octanol–water partition coefficient (Wildman–Crippen LogP) is 2.81. The molecule has 0 saturated carbocycles. The third kappa shape index (κ3) is 5.69. The molecule has 1 aliphatic rings. The van der Waals surface area contributed by atoms with E-state index in [1.807, 2.05) is 42.0 Å². The molecule has 1 aliphatic heterocycles. The third-order valence-corrected chi connectivity index (χ3v) is 6.70. The number of fused-ring (bicyclic) bond motifs is 1. The first kappa shape index (κ1) is 23.6. The van der Waals surface area contributed by atoms with E-state index in [2.05, 4.69) is 10.3 Å². The summed E-state index contributed by atoms with van der Waals surface area (Å²) in [7, 11) is -3.52. The maximum absolute atomic E-state index is 12.4. The molecule has 3 aromatic rings. The number of rotatable bonds is 9. The molecule has 0 saturated heterocycles. The molecule has 2 heterocycles. The molecule has 1 N–H and O–H groups in total. The summed E-state index contributed by atoms with van der Waals surface area (Å²) in [6, 6.07) is 12.9. The van der Waals surface area contributed by atoms with Crippen LogP contribution < -0.4 is 19.1 Å². The lowest BCUT2D eigenvalue weighted by atomic mass is 10.2. The van der Waals surface area contributed by atoms with E-state index in [1.165, 1.54) is 4.31 Å². The quantitative estimate of drug-likeness (QED) is 0.501. The van der Waals surface area contributed by atoms with Gasteiger partial charge < -0.3 is 19.4 Å². The van der Waals surface area contributed by atoms with Crippen LogP contribution in [-0.4, -0.2) is 49.9 Å². The van der Waals surface area contributed by atoms with Gasteiger partial charge in [0.2, 0.25) is 15.9 Å². The molecular weight excluding hydrogens is 456 g/mol. The monoisotopic (exact) mass is 484 g/mol. The number of amides is 1. The van der Waals surface area contributed by atoms with Crippen LogP contribution in [0.3, 0.4) is 0 Å². The largest absolute Gasteiger partial charge is 0.486 e. The number of hydrogen-bond acceptors (Lipinski definition) is 6. The number of imidazole rings is 1. The fraction of sp³-hybridized carbons (Fsp3) is 0.333. The van der Waals surface area contributed by atoms with E-state index in [4.69, 9.17) is 9.47 Å². The van der Waals surface area contributed by atoms with Crippen LogP contribution in [0, 0.1) is 6.92 Å². The number of carbonyl (C=O) groups is 1. The number of anilines is 1. The standard InChI is InChI=1S/C24H28N4O5S/c1-18-25-11-13-27(18)20-7-5-19(6-8-20)17-26-24(29)4-3-12-28(34(2,30)31)21-9-10-22-23(16-21)33-15-14-32-22/h5-11,13,16H,3-4,12,14-15,17H2,1-2H3,(H,26,29). The predicted molar refractivity (Wildman–Crippen MR) is 129 cm³/mol. The van der Waals surface area contributed by atoms with Crippen LogP contribution >= 0.6 is 0 Å². The highest BCUT2D eigenvalue weighted by atomic mass is 32.2. The fourth-order valence-corrected chi connectivity index (χ4v) is 4.73. The minimum atomic E-state index is -3.52. The summed E-state index contributed by atoms with van der Waals surface area (Å²) in [6.45, 7) is 3.41. The maximum Gasteiger partial charge on any atom is 0.232 e. The molecule has 34 heavy (non-hydrogen) atoms. The molecule has 180 valence electrons. The normalized spacial score (nSPS) is 12.9. The molecule has 0 bridgehead atoms. The van der Waals surface area contributed by atoms with E-state index >= 15 is 0 Å². The second kappa shape index (κ2) is 10.2. The van der Waals surface area contributed by atoms with E-state index < -0.39 is 10.0 Å². The first-order chi connectivity index (χ1) is 16.3. The van der Waals surface area contributed by atoms with Crippen LogP contribution in [0.4, 0.5) is 5.69 Å². The van der Waals surface area contributed by atoms with E-state index in [0.717, 1.165) is 23.3 Å². The highest BCUT2D eigenvalue weighted by Crippen LogP contribution is 2.34. The number of aryl methyl sites for hydroxylation is 1. The van der Waals surface area contributed by atoms with Crippen LogP contribution in [0.15, 0.2) is 54.9 Å². The van der Waals surface area contributed by atoms with Crippen molar-refractivity contribution in [1.29, 1.82) is 0 Å². The number of aromatic nitrogens is 2. The Kier molecular flexibility index (Phi) is 7.06. The molecule has 0 fully saturated rings. The van der Waals surface area contributed by atoms with Crippen molar-refractivity contribution in [3.8, 4) is 17.2 Å². The zero-order valence-corrected chi connectivity index (χ0v) is 20.0. The Morgan fingerprint density at radius 2 is 1.85 bits per heavy atom. The number of ether oxygens (including phenoxy) is 2. The molecule has 1 aromatic heterocycles. The van der Waals surface area contributed by atoms with Gasteiger partial charge in [0.25, 0.3) is 0 Å². The minimum absolute atomic E-state index is 0.134. The van der Waals surface area contributed by atoms with Crippen molar-refractivity contribution in [1.82, 2.24) is 14.9 Å². The third-order valence-electron chi connectivity index (χ3n) is 5.51.